The van der Waals surface area contributed by atoms with Crippen molar-refractivity contribution in [1.82, 2.24) is 23.1 Å². The maximum atomic E-state index is 13.5. The molecular formula is C26H29N5O4S2. The van der Waals surface area contributed by atoms with Crippen LogP contribution in [0.4, 0.5) is 0 Å². The summed E-state index contributed by atoms with van der Waals surface area (Å²) in [6.07, 6.45) is 11.4. The Labute approximate surface area is 216 Å². The van der Waals surface area contributed by atoms with Crippen molar-refractivity contribution in [2.75, 3.05) is 0 Å². The molecule has 4 saturated carbocycles. The van der Waals surface area contributed by atoms with Crippen LogP contribution in [0.5, 0.6) is 0 Å². The highest BCUT2D eigenvalue weighted by molar-refractivity contribution is 7.90. The summed E-state index contributed by atoms with van der Waals surface area (Å²) in [6.45, 7) is 1.92. The number of aromatic nitrogens is 4. The van der Waals surface area contributed by atoms with Crippen LogP contribution in [0.2, 0.25) is 0 Å². The maximum Gasteiger partial charge on any atom is 0.269 e. The first-order valence-corrected chi connectivity index (χ1v) is 15.8. The van der Waals surface area contributed by atoms with E-state index in [9.17, 15) is 16.8 Å². The zero-order valence-corrected chi connectivity index (χ0v) is 22.2. The number of sulfonamides is 1. The van der Waals surface area contributed by atoms with Gasteiger partial charge in [-0.3, -0.25) is 4.40 Å². The van der Waals surface area contributed by atoms with Crippen LogP contribution < -0.4 is 4.72 Å². The van der Waals surface area contributed by atoms with Crippen molar-refractivity contribution < 1.29 is 16.8 Å². The van der Waals surface area contributed by atoms with E-state index in [1.165, 1.54) is 3.97 Å². The minimum Gasteiger partial charge on any atom is -0.291 e. The van der Waals surface area contributed by atoms with E-state index < -0.39 is 20.0 Å². The lowest BCUT2D eigenvalue weighted by molar-refractivity contribution is 0.0886. The third kappa shape index (κ3) is 3.50. The van der Waals surface area contributed by atoms with E-state index in [0.29, 0.717) is 11.2 Å². The van der Waals surface area contributed by atoms with Crippen molar-refractivity contribution in [1.29, 1.82) is 0 Å². The number of nitrogens with one attached hydrogen (secondary N) is 1. The molecule has 11 heteroatoms. The molecule has 194 valence electrons. The molecule has 37 heavy (non-hydrogen) atoms. The van der Waals surface area contributed by atoms with Gasteiger partial charge in [-0.25, -0.2) is 35.5 Å². The second-order valence-electron chi connectivity index (χ2n) is 11.1. The first-order valence-electron chi connectivity index (χ1n) is 12.8. The molecule has 1 N–H and O–H groups in total. The fourth-order valence-corrected chi connectivity index (χ4v) is 9.49. The molecule has 4 fully saturated rings. The monoisotopic (exact) mass is 539 g/mol. The van der Waals surface area contributed by atoms with Crippen molar-refractivity contribution in [3.05, 3.63) is 60.3 Å². The molecule has 0 saturated heterocycles. The van der Waals surface area contributed by atoms with Gasteiger partial charge in [0, 0.05) is 17.2 Å². The van der Waals surface area contributed by atoms with Gasteiger partial charge in [-0.05, 0) is 76.5 Å². The molecule has 4 aliphatic rings. The topological polar surface area (TPSA) is 115 Å². The molecule has 0 radical (unpaired) electrons. The van der Waals surface area contributed by atoms with Gasteiger partial charge in [0.05, 0.1) is 33.6 Å². The SMILES string of the molecule is Cc1ccc(S(=O)(=O)n2ccc3c2ncc2cnc(C45CCC(NS(=O)(=O)C6CC6)(CC4)CC5)n23)cc1. The summed E-state index contributed by atoms with van der Waals surface area (Å²) >= 11 is 0. The van der Waals surface area contributed by atoms with E-state index in [1.807, 2.05) is 6.92 Å². The summed E-state index contributed by atoms with van der Waals surface area (Å²) in [5, 5.41) is -0.215. The molecule has 1 aromatic carbocycles. The molecule has 0 amide bonds. The van der Waals surface area contributed by atoms with Crippen molar-refractivity contribution in [2.45, 2.75) is 79.4 Å². The van der Waals surface area contributed by atoms with Crippen molar-refractivity contribution in [2.24, 2.45) is 0 Å². The van der Waals surface area contributed by atoms with Crippen LogP contribution in [0.1, 0.15) is 62.8 Å². The Morgan fingerprint density at radius 2 is 1.54 bits per heavy atom. The summed E-state index contributed by atoms with van der Waals surface area (Å²) in [5.41, 5.74) is 2.35. The number of rotatable bonds is 6. The quantitative estimate of drug-likeness (QED) is 0.400. The molecule has 3 aromatic heterocycles. The molecular weight excluding hydrogens is 510 g/mol. The Balaban J connectivity index is 1.27. The number of imidazole rings is 1. The van der Waals surface area contributed by atoms with E-state index in [2.05, 4.69) is 14.1 Å². The number of benzene rings is 1. The van der Waals surface area contributed by atoms with Gasteiger partial charge >= 0.3 is 0 Å². The van der Waals surface area contributed by atoms with Crippen molar-refractivity contribution in [3.8, 4) is 0 Å². The zero-order chi connectivity index (χ0) is 25.6. The molecule has 0 unspecified atom stereocenters. The van der Waals surface area contributed by atoms with Gasteiger partial charge in [0.25, 0.3) is 10.0 Å². The fraction of sp³-hybridized carbons (Fsp3) is 0.462. The molecule has 2 bridgehead atoms. The summed E-state index contributed by atoms with van der Waals surface area (Å²) in [7, 11) is -7.06. The lowest BCUT2D eigenvalue weighted by Gasteiger charge is -2.52. The number of nitrogens with zero attached hydrogens (tertiary/aromatic N) is 4. The van der Waals surface area contributed by atoms with Crippen LogP contribution in [0.3, 0.4) is 0 Å². The molecule has 3 heterocycles. The normalized spacial score (nSPS) is 26.3. The molecule has 0 aliphatic heterocycles. The fourth-order valence-electron chi connectivity index (χ4n) is 6.36. The summed E-state index contributed by atoms with van der Waals surface area (Å²) in [5.74, 6) is 0.915. The van der Waals surface area contributed by atoms with Crippen molar-refractivity contribution in [3.63, 3.8) is 0 Å². The van der Waals surface area contributed by atoms with Gasteiger partial charge in [0.15, 0.2) is 5.65 Å². The average Bonchev–Trinajstić information content (AvgIpc) is 3.51. The third-order valence-corrected chi connectivity index (χ3v) is 12.5. The van der Waals surface area contributed by atoms with E-state index >= 15 is 0 Å². The summed E-state index contributed by atoms with van der Waals surface area (Å²) in [4.78, 5) is 9.57. The second-order valence-corrected chi connectivity index (χ2v) is 14.9. The average molecular weight is 540 g/mol. The van der Waals surface area contributed by atoms with Gasteiger partial charge in [0.1, 0.15) is 5.82 Å². The van der Waals surface area contributed by atoms with Gasteiger partial charge in [0.2, 0.25) is 10.0 Å². The number of aryl methyl sites for hydroxylation is 1. The van der Waals surface area contributed by atoms with Gasteiger partial charge in [-0.15, -0.1) is 0 Å². The van der Waals surface area contributed by atoms with Gasteiger partial charge in [-0.2, -0.15) is 0 Å². The standard InChI is InChI=1S/C26H29N5O4S2/c1-18-2-4-21(5-3-18)37(34,35)30-15-8-22-23(30)27-16-19-17-28-24(31(19)22)25-9-12-26(13-10-25,14-11-25)29-36(32,33)20-6-7-20/h2-5,8,15-17,20,29H,6-7,9-14H2,1H3. The minimum absolute atomic E-state index is 0.175. The Morgan fingerprint density at radius 3 is 2.19 bits per heavy atom. The van der Waals surface area contributed by atoms with E-state index in [4.69, 9.17) is 4.98 Å². The lowest BCUT2D eigenvalue weighted by atomic mass is 9.57. The second kappa shape index (κ2) is 7.64. The van der Waals surface area contributed by atoms with Crippen LogP contribution in [0, 0.1) is 6.92 Å². The smallest absolute Gasteiger partial charge is 0.269 e. The Kier molecular flexibility index (Phi) is 4.83. The summed E-state index contributed by atoms with van der Waals surface area (Å²) < 4.78 is 58.7. The number of hydrogen-bond donors (Lipinski definition) is 1. The Hall–Kier alpha value is -2.76. The number of hydrogen-bond acceptors (Lipinski definition) is 6. The van der Waals surface area contributed by atoms with Crippen LogP contribution in [0.25, 0.3) is 16.7 Å². The van der Waals surface area contributed by atoms with Crippen LogP contribution >= 0.6 is 0 Å². The van der Waals surface area contributed by atoms with Crippen LogP contribution in [0.15, 0.2) is 53.8 Å². The first-order chi connectivity index (χ1) is 17.6. The van der Waals surface area contributed by atoms with Gasteiger partial charge in [-0.1, -0.05) is 17.7 Å². The highest BCUT2D eigenvalue weighted by Gasteiger charge is 2.53. The maximum absolute atomic E-state index is 13.5. The Morgan fingerprint density at radius 1 is 0.892 bits per heavy atom. The highest BCUT2D eigenvalue weighted by Crippen LogP contribution is 2.54. The predicted octanol–water partition coefficient (Wildman–Crippen LogP) is 3.66. The van der Waals surface area contributed by atoms with E-state index in [1.54, 1.807) is 48.9 Å². The number of fused-ring (bicyclic) bond motifs is 6. The minimum atomic E-state index is -3.81. The third-order valence-electron chi connectivity index (χ3n) is 8.78. The van der Waals surface area contributed by atoms with Crippen LogP contribution in [-0.2, 0) is 25.5 Å². The molecule has 0 atom stereocenters. The molecule has 4 aliphatic carbocycles. The first kappa shape index (κ1) is 23.4. The summed E-state index contributed by atoms with van der Waals surface area (Å²) in [6, 6.07) is 8.60. The lowest BCUT2D eigenvalue weighted by Crippen LogP contribution is -2.58. The zero-order valence-electron chi connectivity index (χ0n) is 20.6. The Bertz CT molecular complexity index is 1740. The van der Waals surface area contributed by atoms with Crippen LogP contribution in [-0.4, -0.2) is 46.0 Å². The largest absolute Gasteiger partial charge is 0.291 e. The van der Waals surface area contributed by atoms with Gasteiger partial charge < -0.3 is 0 Å². The van der Waals surface area contributed by atoms with Crippen molar-refractivity contribution >= 4 is 36.7 Å². The van der Waals surface area contributed by atoms with E-state index in [0.717, 1.165) is 68.3 Å². The molecule has 0 spiro atoms. The molecule has 4 aromatic rings. The predicted molar refractivity (Wildman–Crippen MR) is 139 cm³/mol. The highest BCUT2D eigenvalue weighted by atomic mass is 32.2. The molecule has 8 rings (SSSR count). The molecule has 9 nitrogen and oxygen atoms in total. The van der Waals surface area contributed by atoms with E-state index in [-0.39, 0.29) is 21.1 Å².